The highest BCUT2D eigenvalue weighted by atomic mass is 28.3. The molecule has 23 heavy (non-hydrogen) atoms. The van der Waals surface area contributed by atoms with Crippen molar-refractivity contribution in [2.24, 2.45) is 5.92 Å². The quantitative estimate of drug-likeness (QED) is 0.779. The van der Waals surface area contributed by atoms with Gasteiger partial charge in [-0.05, 0) is 32.1 Å². The molecule has 0 N–H and O–H groups in total. The van der Waals surface area contributed by atoms with Crippen molar-refractivity contribution in [3.8, 4) is 0 Å². The predicted octanol–water partition coefficient (Wildman–Crippen LogP) is 3.05. The number of hydrogen-bond acceptors (Lipinski definition) is 2. The molecule has 1 aromatic carbocycles. The van der Waals surface area contributed by atoms with Gasteiger partial charge in [-0.2, -0.15) is 0 Å². The topological polar surface area (TPSA) is 18.5 Å². The van der Waals surface area contributed by atoms with Crippen molar-refractivity contribution in [1.29, 1.82) is 0 Å². The van der Waals surface area contributed by atoms with Gasteiger partial charge < -0.3 is 9.47 Å². The van der Waals surface area contributed by atoms with E-state index in [0.717, 1.165) is 13.2 Å². The lowest BCUT2D eigenvalue weighted by molar-refractivity contribution is -0.111. The summed E-state index contributed by atoms with van der Waals surface area (Å²) in [5.41, 5.74) is 0.500. The second kappa shape index (κ2) is 7.64. The van der Waals surface area contributed by atoms with Crippen LogP contribution in [-0.2, 0) is 9.47 Å². The fourth-order valence-electron chi connectivity index (χ4n) is 4.80. The fourth-order valence-corrected chi connectivity index (χ4v) is 10.4. The third-order valence-electron chi connectivity index (χ3n) is 6.02. The van der Waals surface area contributed by atoms with Crippen LogP contribution in [0.5, 0.6) is 0 Å². The molecule has 0 spiro atoms. The molecule has 2 aliphatic heterocycles. The highest BCUT2D eigenvalue weighted by Crippen LogP contribution is 2.42. The Hall–Kier alpha value is -0.426. The predicted molar refractivity (Wildman–Crippen MR) is 103 cm³/mol. The summed E-state index contributed by atoms with van der Waals surface area (Å²) in [7, 11) is -2.05. The summed E-state index contributed by atoms with van der Waals surface area (Å²) >= 11 is 0. The first-order valence-electron chi connectivity index (χ1n) is 9.45. The zero-order chi connectivity index (χ0) is 16.3. The van der Waals surface area contributed by atoms with Gasteiger partial charge in [0.05, 0.1) is 19.7 Å². The van der Waals surface area contributed by atoms with Crippen molar-refractivity contribution in [3.63, 3.8) is 0 Å². The molecule has 2 nitrogen and oxygen atoms in total. The van der Waals surface area contributed by atoms with Gasteiger partial charge in [-0.25, -0.2) is 0 Å². The minimum absolute atomic E-state index is 0.113. The third-order valence-corrected chi connectivity index (χ3v) is 11.7. The van der Waals surface area contributed by atoms with Crippen LogP contribution in [0.1, 0.15) is 32.1 Å². The summed E-state index contributed by atoms with van der Waals surface area (Å²) in [4.78, 5) is 0. The molecule has 4 unspecified atom stereocenters. The second-order valence-corrected chi connectivity index (χ2v) is 14.0. The van der Waals surface area contributed by atoms with Crippen molar-refractivity contribution < 1.29 is 9.47 Å². The second-order valence-electron chi connectivity index (χ2n) is 7.72. The highest BCUT2D eigenvalue weighted by Gasteiger charge is 2.51. The van der Waals surface area contributed by atoms with Crippen LogP contribution in [0, 0.1) is 5.92 Å². The van der Waals surface area contributed by atoms with Crippen LogP contribution in [0.4, 0.5) is 0 Å². The lowest BCUT2D eigenvalue weighted by atomic mass is 9.89. The van der Waals surface area contributed by atoms with Crippen LogP contribution < -0.4 is 5.19 Å². The third kappa shape index (κ3) is 3.50. The van der Waals surface area contributed by atoms with E-state index in [9.17, 15) is 0 Å². The maximum Gasteiger partial charge on any atom is 0.105 e. The minimum atomic E-state index is -1.21. The Bertz CT molecular complexity index is 485. The SMILES string of the molecule is C[SiH](C)C1OCCCC1C1([SiH](C)c2ccccc2)CCCCO1. The van der Waals surface area contributed by atoms with E-state index in [1.165, 1.54) is 32.1 Å². The summed E-state index contributed by atoms with van der Waals surface area (Å²) in [5.74, 6) is 0.630. The number of rotatable bonds is 4. The van der Waals surface area contributed by atoms with Gasteiger partial charge in [-0.1, -0.05) is 55.2 Å². The Labute approximate surface area is 144 Å². The molecule has 0 bridgehead atoms. The average Bonchev–Trinajstić information content (AvgIpc) is 2.62. The fraction of sp³-hybridized carbons (Fsp3) is 0.684. The van der Waals surface area contributed by atoms with Crippen molar-refractivity contribution in [2.45, 2.75) is 62.7 Å². The number of hydrogen-bond donors (Lipinski definition) is 0. The van der Waals surface area contributed by atoms with Crippen LogP contribution in [-0.4, -0.2) is 41.8 Å². The first-order chi connectivity index (χ1) is 11.1. The maximum absolute atomic E-state index is 6.71. The van der Waals surface area contributed by atoms with E-state index in [2.05, 4.69) is 50.0 Å². The van der Waals surface area contributed by atoms with Crippen LogP contribution in [0.15, 0.2) is 30.3 Å². The number of benzene rings is 1. The lowest BCUT2D eigenvalue weighted by Gasteiger charge is -2.52. The molecule has 0 radical (unpaired) electrons. The number of ether oxygens (including phenoxy) is 2. The molecule has 128 valence electrons. The largest absolute Gasteiger partial charge is 0.382 e. The standard InChI is InChI=1S/C19H32O2Si2/c1-22(2)18-17(12-9-14-20-18)19(13-7-8-15-21-19)23(3)16-10-5-4-6-11-16/h4-6,10-11,17-18,22-23H,7-9,12-15H2,1-3H3. The van der Waals surface area contributed by atoms with Gasteiger partial charge in [0.2, 0.25) is 0 Å². The van der Waals surface area contributed by atoms with E-state index in [1.807, 2.05) is 0 Å². The first kappa shape index (κ1) is 17.4. The van der Waals surface area contributed by atoms with Gasteiger partial charge in [0.15, 0.2) is 0 Å². The smallest absolute Gasteiger partial charge is 0.105 e. The molecular weight excluding hydrogens is 316 g/mol. The van der Waals surface area contributed by atoms with Crippen molar-refractivity contribution in [2.75, 3.05) is 13.2 Å². The minimum Gasteiger partial charge on any atom is -0.382 e. The Balaban J connectivity index is 1.95. The Kier molecular flexibility index (Phi) is 5.78. The molecule has 2 fully saturated rings. The molecule has 0 saturated carbocycles. The summed E-state index contributed by atoms with van der Waals surface area (Å²) in [6.07, 6.45) is 6.33. The van der Waals surface area contributed by atoms with E-state index >= 15 is 0 Å². The zero-order valence-electron chi connectivity index (χ0n) is 15.0. The molecule has 2 aliphatic rings. The van der Waals surface area contributed by atoms with E-state index in [4.69, 9.17) is 9.47 Å². The van der Waals surface area contributed by atoms with Crippen LogP contribution >= 0.6 is 0 Å². The molecule has 2 heterocycles. The molecule has 1 aromatic rings. The molecule has 4 heteroatoms. The average molecular weight is 349 g/mol. The monoisotopic (exact) mass is 348 g/mol. The van der Waals surface area contributed by atoms with Gasteiger partial charge in [0.1, 0.15) is 8.80 Å². The van der Waals surface area contributed by atoms with Gasteiger partial charge >= 0.3 is 0 Å². The summed E-state index contributed by atoms with van der Waals surface area (Å²) in [6.45, 7) is 9.34. The summed E-state index contributed by atoms with van der Waals surface area (Å²) in [5, 5.41) is 1.67. The Morgan fingerprint density at radius 1 is 1.00 bits per heavy atom. The van der Waals surface area contributed by atoms with Crippen molar-refractivity contribution in [3.05, 3.63) is 30.3 Å². The van der Waals surface area contributed by atoms with Gasteiger partial charge in [-0.3, -0.25) is 0 Å². The van der Waals surface area contributed by atoms with Crippen molar-refractivity contribution >= 4 is 22.8 Å². The Morgan fingerprint density at radius 2 is 1.78 bits per heavy atom. The normalized spacial score (nSPS) is 33.6. The molecule has 0 amide bonds. The van der Waals surface area contributed by atoms with E-state index < -0.39 is 17.6 Å². The Morgan fingerprint density at radius 3 is 2.43 bits per heavy atom. The molecule has 3 rings (SSSR count). The molecule has 0 aromatic heterocycles. The zero-order valence-corrected chi connectivity index (χ0v) is 17.3. The molecule has 0 aliphatic carbocycles. The maximum atomic E-state index is 6.71. The van der Waals surface area contributed by atoms with Crippen LogP contribution in [0.3, 0.4) is 0 Å². The molecule has 2 saturated heterocycles. The van der Waals surface area contributed by atoms with Crippen LogP contribution in [0.25, 0.3) is 0 Å². The van der Waals surface area contributed by atoms with Crippen LogP contribution in [0.2, 0.25) is 19.6 Å². The van der Waals surface area contributed by atoms with E-state index in [-0.39, 0.29) is 5.22 Å². The first-order valence-corrected chi connectivity index (χ1v) is 14.7. The summed E-state index contributed by atoms with van der Waals surface area (Å²) < 4.78 is 13.0. The lowest BCUT2D eigenvalue weighted by Crippen LogP contribution is -2.64. The van der Waals surface area contributed by atoms with Gasteiger partial charge in [-0.15, -0.1) is 0 Å². The summed E-state index contributed by atoms with van der Waals surface area (Å²) in [6, 6.07) is 11.2. The van der Waals surface area contributed by atoms with E-state index in [1.54, 1.807) is 5.19 Å². The van der Waals surface area contributed by atoms with Gasteiger partial charge in [0.25, 0.3) is 0 Å². The van der Waals surface area contributed by atoms with Gasteiger partial charge in [0, 0.05) is 19.1 Å². The van der Waals surface area contributed by atoms with E-state index in [0.29, 0.717) is 11.6 Å². The highest BCUT2D eigenvalue weighted by molar-refractivity contribution is 6.75. The van der Waals surface area contributed by atoms with Crippen molar-refractivity contribution in [1.82, 2.24) is 0 Å². The molecular formula is C19H32O2Si2. The molecule has 4 atom stereocenters.